The Kier molecular flexibility index (Phi) is 7.68. The van der Waals surface area contributed by atoms with Crippen molar-refractivity contribution in [3.63, 3.8) is 0 Å². The normalized spacial score (nSPS) is 15.2. The lowest BCUT2D eigenvalue weighted by molar-refractivity contribution is -0.122. The van der Waals surface area contributed by atoms with Gasteiger partial charge in [-0.25, -0.2) is 0 Å². The molecule has 7 nitrogen and oxygen atoms in total. The van der Waals surface area contributed by atoms with Gasteiger partial charge in [-0.05, 0) is 62.7 Å². The number of carbonyl (C=O) groups is 3. The SMILES string of the molecule is Cc1ccc(CNC(=O)c2ccccc2NC(=O)[C@H]2CC(=O)N(c3ccc(OC(C)C)cc3)C2)cc1. The van der Waals surface area contributed by atoms with Crippen LogP contribution in [0.1, 0.15) is 41.8 Å². The van der Waals surface area contributed by atoms with Crippen LogP contribution in [0.2, 0.25) is 0 Å². The molecule has 1 aliphatic heterocycles. The summed E-state index contributed by atoms with van der Waals surface area (Å²) in [6.45, 7) is 6.57. The summed E-state index contributed by atoms with van der Waals surface area (Å²) in [5.74, 6) is -0.472. The summed E-state index contributed by atoms with van der Waals surface area (Å²) in [6, 6.07) is 22.1. The summed E-state index contributed by atoms with van der Waals surface area (Å²) in [5, 5.41) is 5.77. The van der Waals surface area contributed by atoms with Crippen LogP contribution in [0.5, 0.6) is 5.75 Å². The minimum atomic E-state index is -0.521. The summed E-state index contributed by atoms with van der Waals surface area (Å²) in [6.07, 6.45) is 0.169. The van der Waals surface area contributed by atoms with Gasteiger partial charge >= 0.3 is 0 Å². The molecule has 2 N–H and O–H groups in total. The molecule has 186 valence electrons. The molecule has 4 rings (SSSR count). The zero-order valence-electron chi connectivity index (χ0n) is 20.8. The first-order chi connectivity index (χ1) is 17.3. The molecule has 0 bridgehead atoms. The number of amides is 3. The number of rotatable bonds is 8. The van der Waals surface area contributed by atoms with Gasteiger partial charge in [0.05, 0.1) is 23.3 Å². The lowest BCUT2D eigenvalue weighted by atomic mass is 10.1. The van der Waals surface area contributed by atoms with E-state index in [0.717, 1.165) is 22.6 Å². The van der Waals surface area contributed by atoms with Gasteiger partial charge in [0, 0.05) is 25.2 Å². The van der Waals surface area contributed by atoms with Gasteiger partial charge in [-0.3, -0.25) is 14.4 Å². The highest BCUT2D eigenvalue weighted by Gasteiger charge is 2.35. The Hall–Kier alpha value is -4.13. The van der Waals surface area contributed by atoms with E-state index in [1.165, 1.54) is 0 Å². The fourth-order valence-corrected chi connectivity index (χ4v) is 4.12. The Labute approximate surface area is 211 Å². The lowest BCUT2D eigenvalue weighted by Gasteiger charge is -2.18. The predicted molar refractivity (Wildman–Crippen MR) is 140 cm³/mol. The van der Waals surface area contributed by atoms with E-state index in [4.69, 9.17) is 4.74 Å². The molecule has 3 aromatic rings. The molecule has 1 aliphatic rings. The van der Waals surface area contributed by atoms with Crippen molar-refractivity contribution in [1.29, 1.82) is 0 Å². The van der Waals surface area contributed by atoms with Gasteiger partial charge in [-0.2, -0.15) is 0 Å². The van der Waals surface area contributed by atoms with Crippen molar-refractivity contribution in [2.45, 2.75) is 39.8 Å². The molecular weight excluding hydrogens is 454 g/mol. The highest BCUT2D eigenvalue weighted by Crippen LogP contribution is 2.28. The lowest BCUT2D eigenvalue weighted by Crippen LogP contribution is -2.29. The first kappa shape index (κ1) is 25.0. The summed E-state index contributed by atoms with van der Waals surface area (Å²) in [5.41, 5.74) is 3.66. The van der Waals surface area contributed by atoms with Crippen molar-refractivity contribution in [1.82, 2.24) is 5.32 Å². The molecule has 1 fully saturated rings. The number of carbonyl (C=O) groups excluding carboxylic acids is 3. The summed E-state index contributed by atoms with van der Waals surface area (Å²) >= 11 is 0. The van der Waals surface area contributed by atoms with E-state index >= 15 is 0 Å². The van der Waals surface area contributed by atoms with Crippen molar-refractivity contribution >= 4 is 29.1 Å². The van der Waals surface area contributed by atoms with E-state index in [1.54, 1.807) is 29.2 Å². The molecule has 0 spiro atoms. The first-order valence-electron chi connectivity index (χ1n) is 12.1. The van der Waals surface area contributed by atoms with Crippen LogP contribution < -0.4 is 20.3 Å². The number of ether oxygens (including phenoxy) is 1. The van der Waals surface area contributed by atoms with Crippen molar-refractivity contribution in [3.8, 4) is 5.75 Å². The largest absolute Gasteiger partial charge is 0.491 e. The quantitative estimate of drug-likeness (QED) is 0.484. The predicted octanol–water partition coefficient (Wildman–Crippen LogP) is 4.70. The molecule has 1 atom stereocenters. The molecule has 36 heavy (non-hydrogen) atoms. The Morgan fingerprint density at radius 1 is 1.00 bits per heavy atom. The van der Waals surface area contributed by atoms with Crippen LogP contribution in [0.25, 0.3) is 0 Å². The number of hydrogen-bond donors (Lipinski definition) is 2. The molecule has 7 heteroatoms. The van der Waals surface area contributed by atoms with Gasteiger partial charge in [0.1, 0.15) is 5.75 Å². The number of nitrogens with one attached hydrogen (secondary N) is 2. The second kappa shape index (κ2) is 11.1. The van der Waals surface area contributed by atoms with Crippen LogP contribution >= 0.6 is 0 Å². The highest BCUT2D eigenvalue weighted by molar-refractivity contribution is 6.07. The minimum absolute atomic E-state index is 0.0601. The number of para-hydroxylation sites is 1. The zero-order chi connectivity index (χ0) is 25.7. The van der Waals surface area contributed by atoms with Crippen LogP contribution in [-0.4, -0.2) is 30.4 Å². The van der Waals surface area contributed by atoms with Crippen LogP contribution in [0.15, 0.2) is 72.8 Å². The number of anilines is 2. The van der Waals surface area contributed by atoms with Crippen LogP contribution in [-0.2, 0) is 16.1 Å². The molecule has 3 aromatic carbocycles. The fraction of sp³-hybridized carbons (Fsp3) is 0.276. The molecule has 0 unspecified atom stereocenters. The van der Waals surface area contributed by atoms with E-state index in [-0.39, 0.29) is 36.8 Å². The number of nitrogens with zero attached hydrogens (tertiary/aromatic N) is 1. The van der Waals surface area contributed by atoms with E-state index in [0.29, 0.717) is 17.8 Å². The second-order valence-electron chi connectivity index (χ2n) is 9.27. The maximum Gasteiger partial charge on any atom is 0.253 e. The Morgan fingerprint density at radius 2 is 1.69 bits per heavy atom. The Morgan fingerprint density at radius 3 is 2.39 bits per heavy atom. The van der Waals surface area contributed by atoms with Crippen molar-refractivity contribution in [2.24, 2.45) is 5.92 Å². The van der Waals surface area contributed by atoms with E-state index < -0.39 is 5.92 Å². The highest BCUT2D eigenvalue weighted by atomic mass is 16.5. The van der Waals surface area contributed by atoms with Gasteiger partial charge < -0.3 is 20.3 Å². The summed E-state index contributed by atoms with van der Waals surface area (Å²) in [4.78, 5) is 40.2. The van der Waals surface area contributed by atoms with Gasteiger partial charge in [0.25, 0.3) is 5.91 Å². The van der Waals surface area contributed by atoms with E-state index in [2.05, 4.69) is 10.6 Å². The van der Waals surface area contributed by atoms with Gasteiger partial charge in [-0.15, -0.1) is 0 Å². The number of hydrogen-bond acceptors (Lipinski definition) is 4. The topological polar surface area (TPSA) is 87.7 Å². The zero-order valence-corrected chi connectivity index (χ0v) is 20.8. The van der Waals surface area contributed by atoms with Crippen LogP contribution in [0.4, 0.5) is 11.4 Å². The van der Waals surface area contributed by atoms with Gasteiger partial charge in [-0.1, -0.05) is 42.0 Å². The van der Waals surface area contributed by atoms with Crippen molar-refractivity contribution < 1.29 is 19.1 Å². The van der Waals surface area contributed by atoms with Gasteiger partial charge in [0.2, 0.25) is 11.8 Å². The first-order valence-corrected chi connectivity index (χ1v) is 12.1. The Bertz CT molecular complexity index is 1240. The third-order valence-electron chi connectivity index (χ3n) is 6.02. The third-order valence-corrected chi connectivity index (χ3v) is 6.02. The average molecular weight is 486 g/mol. The molecule has 0 radical (unpaired) electrons. The maximum absolute atomic E-state index is 13.1. The van der Waals surface area contributed by atoms with Crippen LogP contribution in [0.3, 0.4) is 0 Å². The molecule has 0 aromatic heterocycles. The fourth-order valence-electron chi connectivity index (χ4n) is 4.12. The monoisotopic (exact) mass is 485 g/mol. The molecule has 0 saturated carbocycles. The van der Waals surface area contributed by atoms with E-state index in [9.17, 15) is 14.4 Å². The Balaban J connectivity index is 1.39. The molecule has 0 aliphatic carbocycles. The number of aryl methyl sites for hydroxylation is 1. The molecule has 3 amide bonds. The van der Waals surface area contributed by atoms with Crippen LogP contribution in [0, 0.1) is 12.8 Å². The maximum atomic E-state index is 13.1. The van der Waals surface area contributed by atoms with E-state index in [1.807, 2.05) is 69.3 Å². The molecular formula is C29H31N3O4. The average Bonchev–Trinajstić information content (AvgIpc) is 3.25. The third kappa shape index (κ3) is 6.10. The van der Waals surface area contributed by atoms with Crippen molar-refractivity contribution in [3.05, 3.63) is 89.5 Å². The summed E-state index contributed by atoms with van der Waals surface area (Å²) < 4.78 is 5.66. The standard InChI is InChI=1S/C29H31N3O4/c1-19(2)36-24-14-12-23(13-15-24)32-18-22(16-27(32)33)28(34)31-26-7-5-4-6-25(26)29(35)30-17-21-10-8-20(3)9-11-21/h4-15,19,22H,16-18H2,1-3H3,(H,30,35)(H,31,34)/t22-/m0/s1. The number of benzene rings is 3. The smallest absolute Gasteiger partial charge is 0.253 e. The van der Waals surface area contributed by atoms with Gasteiger partial charge in [0.15, 0.2) is 0 Å². The minimum Gasteiger partial charge on any atom is -0.491 e. The van der Waals surface area contributed by atoms with Crippen molar-refractivity contribution in [2.75, 3.05) is 16.8 Å². The molecule has 1 heterocycles. The molecule has 1 saturated heterocycles. The second-order valence-corrected chi connectivity index (χ2v) is 9.27. The summed E-state index contributed by atoms with van der Waals surface area (Å²) in [7, 11) is 0.